The smallest absolute Gasteiger partial charge is 0.150 e. The van der Waals surface area contributed by atoms with Crippen molar-refractivity contribution in [1.29, 1.82) is 0 Å². The van der Waals surface area contributed by atoms with Crippen LogP contribution < -0.4 is 5.73 Å². The van der Waals surface area contributed by atoms with Gasteiger partial charge in [0.05, 0.1) is 0 Å². The fraction of sp³-hybridized carbons (Fsp3) is 0.100. The number of hydrogen-bond donors (Lipinski definition) is 1. The highest BCUT2D eigenvalue weighted by Gasteiger charge is 2.03. The van der Waals surface area contributed by atoms with Crippen LogP contribution in [0.5, 0.6) is 0 Å². The van der Waals surface area contributed by atoms with Crippen molar-refractivity contribution >= 4 is 40.4 Å². The number of halogens is 1. The Hall–Kier alpha value is -0.710. The summed E-state index contributed by atoms with van der Waals surface area (Å²) in [5, 5.41) is 2.69. The topological polar surface area (TPSA) is 38.9 Å². The molecule has 0 spiro atoms. The fourth-order valence-corrected chi connectivity index (χ4v) is 3.08. The van der Waals surface area contributed by atoms with Crippen LogP contribution in [0.1, 0.15) is 5.56 Å². The van der Waals surface area contributed by atoms with Gasteiger partial charge >= 0.3 is 0 Å². The van der Waals surface area contributed by atoms with Gasteiger partial charge in [0.1, 0.15) is 4.34 Å². The number of nitrogens with two attached hydrogens (primary N) is 1. The van der Waals surface area contributed by atoms with E-state index in [4.69, 9.17) is 17.3 Å². The van der Waals surface area contributed by atoms with Gasteiger partial charge in [0.15, 0.2) is 0 Å². The lowest BCUT2D eigenvalue weighted by Crippen LogP contribution is -1.87. The molecular formula is C10H9ClN2S2. The summed E-state index contributed by atoms with van der Waals surface area (Å²) in [5.41, 5.74) is 7.40. The monoisotopic (exact) mass is 256 g/mol. The maximum absolute atomic E-state index is 6.06. The zero-order valence-corrected chi connectivity index (χ0v) is 10.2. The molecule has 1 aromatic carbocycles. The molecule has 0 fully saturated rings. The molecule has 2 nitrogen and oxygen atoms in total. The van der Waals surface area contributed by atoms with Gasteiger partial charge in [-0.1, -0.05) is 29.4 Å². The van der Waals surface area contributed by atoms with Crippen LogP contribution in [0.25, 0.3) is 0 Å². The lowest BCUT2D eigenvalue weighted by molar-refractivity contribution is 1.24. The van der Waals surface area contributed by atoms with Gasteiger partial charge in [-0.3, -0.25) is 0 Å². The first-order chi connectivity index (χ1) is 7.25. The summed E-state index contributed by atoms with van der Waals surface area (Å²) < 4.78 is 1.06. The van der Waals surface area contributed by atoms with Crippen LogP contribution in [-0.2, 0) is 5.75 Å². The average molecular weight is 257 g/mol. The van der Waals surface area contributed by atoms with Gasteiger partial charge in [-0.25, -0.2) is 4.98 Å². The molecule has 0 aliphatic rings. The molecule has 1 aromatic heterocycles. The summed E-state index contributed by atoms with van der Waals surface area (Å²) in [7, 11) is 0. The largest absolute Gasteiger partial charge is 0.399 e. The molecule has 0 aliphatic carbocycles. The molecule has 0 bridgehead atoms. The van der Waals surface area contributed by atoms with E-state index in [0.717, 1.165) is 20.7 Å². The summed E-state index contributed by atoms with van der Waals surface area (Å²) in [6.07, 6.45) is 1.80. The Labute approximate surface area is 101 Å². The predicted molar refractivity (Wildman–Crippen MR) is 67.5 cm³/mol. The van der Waals surface area contributed by atoms with Crippen molar-refractivity contribution < 1.29 is 0 Å². The second kappa shape index (κ2) is 4.88. The number of thiazole rings is 1. The van der Waals surface area contributed by atoms with E-state index in [0.29, 0.717) is 5.69 Å². The van der Waals surface area contributed by atoms with Crippen LogP contribution >= 0.6 is 34.7 Å². The number of rotatable bonds is 3. The van der Waals surface area contributed by atoms with Crippen LogP contribution in [0.15, 0.2) is 34.1 Å². The van der Waals surface area contributed by atoms with Crippen molar-refractivity contribution in [2.24, 2.45) is 0 Å². The normalized spacial score (nSPS) is 10.5. The number of nitrogens with zero attached hydrogens (tertiary/aromatic N) is 1. The molecule has 0 saturated carbocycles. The highest BCUT2D eigenvalue weighted by atomic mass is 35.5. The quantitative estimate of drug-likeness (QED) is 0.673. The molecule has 0 atom stereocenters. The van der Waals surface area contributed by atoms with E-state index >= 15 is 0 Å². The standard InChI is InChI=1S/C10H9ClN2S2/c11-9-5-8(12)2-1-7(9)6-15-10-13-3-4-14-10/h1-5H,6,12H2. The molecule has 0 saturated heterocycles. The number of nitrogen functional groups attached to an aromatic ring is 1. The number of hydrogen-bond acceptors (Lipinski definition) is 4. The molecule has 1 heterocycles. The van der Waals surface area contributed by atoms with Crippen molar-refractivity contribution in [2.45, 2.75) is 10.1 Å². The van der Waals surface area contributed by atoms with Crippen molar-refractivity contribution in [3.63, 3.8) is 0 Å². The Morgan fingerprint density at radius 2 is 2.33 bits per heavy atom. The zero-order valence-electron chi connectivity index (χ0n) is 7.81. The highest BCUT2D eigenvalue weighted by Crippen LogP contribution is 2.28. The van der Waals surface area contributed by atoms with Crippen LogP contribution in [0.2, 0.25) is 5.02 Å². The third-order valence-electron chi connectivity index (χ3n) is 1.84. The van der Waals surface area contributed by atoms with E-state index in [9.17, 15) is 0 Å². The molecule has 2 rings (SSSR count). The minimum Gasteiger partial charge on any atom is -0.399 e. The SMILES string of the molecule is Nc1ccc(CSc2nccs2)c(Cl)c1. The molecule has 2 aromatic rings. The maximum atomic E-state index is 6.06. The second-order valence-electron chi connectivity index (χ2n) is 2.94. The van der Waals surface area contributed by atoms with Gasteiger partial charge in [-0.05, 0) is 17.7 Å². The number of benzene rings is 1. The van der Waals surface area contributed by atoms with Crippen LogP contribution in [0, 0.1) is 0 Å². The number of thioether (sulfide) groups is 1. The average Bonchev–Trinajstić information content (AvgIpc) is 2.69. The Bertz CT molecular complexity index is 443. The second-order valence-corrected chi connectivity index (χ2v) is 5.46. The molecule has 78 valence electrons. The van der Waals surface area contributed by atoms with Crippen LogP contribution in [0.4, 0.5) is 5.69 Å². The van der Waals surface area contributed by atoms with Gasteiger partial charge in [0, 0.05) is 28.0 Å². The third-order valence-corrected chi connectivity index (χ3v) is 4.20. The summed E-state index contributed by atoms with van der Waals surface area (Å²) in [4.78, 5) is 4.19. The summed E-state index contributed by atoms with van der Waals surface area (Å²) >= 11 is 9.38. The van der Waals surface area contributed by atoms with E-state index in [2.05, 4.69) is 4.98 Å². The molecule has 15 heavy (non-hydrogen) atoms. The first-order valence-corrected chi connectivity index (χ1v) is 6.56. The van der Waals surface area contributed by atoms with Crippen molar-refractivity contribution in [2.75, 3.05) is 5.73 Å². The van der Waals surface area contributed by atoms with E-state index in [1.165, 1.54) is 0 Å². The van der Waals surface area contributed by atoms with Gasteiger partial charge in [-0.15, -0.1) is 11.3 Å². The first-order valence-electron chi connectivity index (χ1n) is 4.32. The minimum absolute atomic E-state index is 0.697. The third kappa shape index (κ3) is 2.87. The summed E-state index contributed by atoms with van der Waals surface area (Å²) in [6, 6.07) is 5.60. The molecule has 0 aliphatic heterocycles. The zero-order chi connectivity index (χ0) is 10.7. The summed E-state index contributed by atoms with van der Waals surface area (Å²) in [5.74, 6) is 0.826. The number of aromatic nitrogens is 1. The summed E-state index contributed by atoms with van der Waals surface area (Å²) in [6.45, 7) is 0. The van der Waals surface area contributed by atoms with E-state index in [-0.39, 0.29) is 0 Å². The van der Waals surface area contributed by atoms with Gasteiger partial charge in [0.2, 0.25) is 0 Å². The maximum Gasteiger partial charge on any atom is 0.150 e. The van der Waals surface area contributed by atoms with Crippen LogP contribution in [0.3, 0.4) is 0 Å². The Kier molecular flexibility index (Phi) is 3.51. The van der Waals surface area contributed by atoms with E-state index in [1.807, 2.05) is 17.5 Å². The molecule has 0 unspecified atom stereocenters. The van der Waals surface area contributed by atoms with Gasteiger partial charge in [0.25, 0.3) is 0 Å². The first kappa shape index (κ1) is 10.8. The molecular weight excluding hydrogens is 248 g/mol. The fourth-order valence-electron chi connectivity index (χ4n) is 1.10. The minimum atomic E-state index is 0.697. The van der Waals surface area contributed by atoms with Crippen molar-refractivity contribution in [3.8, 4) is 0 Å². The molecule has 5 heteroatoms. The molecule has 0 amide bonds. The Morgan fingerprint density at radius 1 is 1.47 bits per heavy atom. The predicted octanol–water partition coefficient (Wildman–Crippen LogP) is 3.67. The van der Waals surface area contributed by atoms with E-state index in [1.54, 1.807) is 35.4 Å². The van der Waals surface area contributed by atoms with Gasteiger partial charge in [-0.2, -0.15) is 0 Å². The van der Waals surface area contributed by atoms with Gasteiger partial charge < -0.3 is 5.73 Å². The highest BCUT2D eigenvalue weighted by molar-refractivity contribution is 8.00. The van der Waals surface area contributed by atoms with Crippen molar-refractivity contribution in [1.82, 2.24) is 4.98 Å². The molecule has 0 radical (unpaired) electrons. The van der Waals surface area contributed by atoms with E-state index < -0.39 is 0 Å². The lowest BCUT2D eigenvalue weighted by Gasteiger charge is -2.03. The Balaban J connectivity index is 2.05. The van der Waals surface area contributed by atoms with Crippen LogP contribution in [-0.4, -0.2) is 4.98 Å². The molecule has 2 N–H and O–H groups in total. The number of anilines is 1. The Morgan fingerprint density at radius 3 is 3.00 bits per heavy atom. The van der Waals surface area contributed by atoms with Crippen molar-refractivity contribution in [3.05, 3.63) is 40.4 Å². The lowest BCUT2D eigenvalue weighted by atomic mass is 10.2.